The molecule has 0 heterocycles. The molecule has 50 valence electrons. The van der Waals surface area contributed by atoms with E-state index in [2.05, 4.69) is 6.58 Å². The zero-order valence-corrected chi connectivity index (χ0v) is 5.68. The molecule has 0 fully saturated rings. The van der Waals surface area contributed by atoms with Crippen LogP contribution in [0.1, 0.15) is 6.92 Å². The highest BCUT2D eigenvalue weighted by Gasteiger charge is 1.89. The first kappa shape index (κ1) is 7.95. The summed E-state index contributed by atoms with van der Waals surface area (Å²) >= 11 is 0. The number of methoxy groups -OCH3 is 1. The summed E-state index contributed by atoms with van der Waals surface area (Å²) < 4.78 is 4.73. The monoisotopic (exact) mass is 126 g/mol. The molecule has 0 saturated carbocycles. The molecule has 0 radical (unpaired) electrons. The van der Waals surface area contributed by atoms with Gasteiger partial charge >= 0.3 is 0 Å². The fourth-order valence-electron chi connectivity index (χ4n) is 0.402. The summed E-state index contributed by atoms with van der Waals surface area (Å²) in [4.78, 5) is 10.4. The first-order valence-electron chi connectivity index (χ1n) is 2.59. The summed E-state index contributed by atoms with van der Waals surface area (Å²) in [6.07, 6.45) is 2.87. The maximum Gasteiger partial charge on any atom is 0.156 e. The van der Waals surface area contributed by atoms with E-state index in [-0.39, 0.29) is 5.78 Å². The predicted molar refractivity (Wildman–Crippen MR) is 36.0 cm³/mol. The van der Waals surface area contributed by atoms with Gasteiger partial charge in [-0.3, -0.25) is 4.79 Å². The van der Waals surface area contributed by atoms with E-state index in [0.29, 0.717) is 5.76 Å². The van der Waals surface area contributed by atoms with Crippen LogP contribution in [0.25, 0.3) is 0 Å². The Balaban J connectivity index is 4.07. The second-order valence-corrected chi connectivity index (χ2v) is 1.57. The Labute approximate surface area is 54.8 Å². The van der Waals surface area contributed by atoms with Gasteiger partial charge in [0, 0.05) is 6.08 Å². The zero-order valence-electron chi connectivity index (χ0n) is 5.68. The number of hydrogen-bond acceptors (Lipinski definition) is 2. The molecule has 0 unspecified atom stereocenters. The van der Waals surface area contributed by atoms with Crippen molar-refractivity contribution in [1.82, 2.24) is 0 Å². The Hall–Kier alpha value is -1.05. The van der Waals surface area contributed by atoms with Crippen molar-refractivity contribution >= 4 is 5.78 Å². The molecule has 0 aromatic carbocycles. The molecular weight excluding hydrogens is 116 g/mol. The van der Waals surface area contributed by atoms with Gasteiger partial charge in [-0.1, -0.05) is 6.58 Å². The van der Waals surface area contributed by atoms with Gasteiger partial charge in [-0.15, -0.1) is 0 Å². The minimum Gasteiger partial charge on any atom is -0.497 e. The smallest absolute Gasteiger partial charge is 0.156 e. The van der Waals surface area contributed by atoms with Crippen LogP contribution in [0.4, 0.5) is 0 Å². The lowest BCUT2D eigenvalue weighted by atomic mass is 10.3. The quantitative estimate of drug-likeness (QED) is 0.323. The second-order valence-electron chi connectivity index (χ2n) is 1.57. The van der Waals surface area contributed by atoms with E-state index in [1.54, 1.807) is 0 Å². The van der Waals surface area contributed by atoms with Gasteiger partial charge in [0.25, 0.3) is 0 Å². The van der Waals surface area contributed by atoms with Crippen molar-refractivity contribution in [2.45, 2.75) is 6.92 Å². The van der Waals surface area contributed by atoms with Gasteiger partial charge in [-0.25, -0.2) is 0 Å². The Bertz CT molecular complexity index is 145. The number of allylic oxidation sites excluding steroid dienone is 2. The maximum atomic E-state index is 10.4. The summed E-state index contributed by atoms with van der Waals surface area (Å²) in [6, 6.07) is 0. The van der Waals surface area contributed by atoms with E-state index in [0.717, 1.165) is 0 Å². The Kier molecular flexibility index (Phi) is 3.44. The number of ether oxygens (including phenoxy) is 1. The van der Waals surface area contributed by atoms with Crippen LogP contribution in [0.5, 0.6) is 0 Å². The average molecular weight is 126 g/mol. The molecule has 0 bridgehead atoms. The molecular formula is C7H10O2. The van der Waals surface area contributed by atoms with E-state index in [4.69, 9.17) is 4.74 Å². The van der Waals surface area contributed by atoms with Crippen LogP contribution < -0.4 is 0 Å². The lowest BCUT2D eigenvalue weighted by Gasteiger charge is -1.95. The number of carbonyl (C=O) groups excluding carboxylic acids is 1. The van der Waals surface area contributed by atoms with Gasteiger partial charge in [0.15, 0.2) is 5.78 Å². The van der Waals surface area contributed by atoms with E-state index < -0.39 is 0 Å². The largest absolute Gasteiger partial charge is 0.497 e. The Morgan fingerprint density at radius 2 is 2.22 bits per heavy atom. The molecule has 0 rings (SSSR count). The molecule has 0 amide bonds. The van der Waals surface area contributed by atoms with Crippen LogP contribution >= 0.6 is 0 Å². The van der Waals surface area contributed by atoms with Gasteiger partial charge < -0.3 is 4.74 Å². The van der Waals surface area contributed by atoms with Gasteiger partial charge in [0.2, 0.25) is 0 Å². The van der Waals surface area contributed by atoms with Gasteiger partial charge in [0.1, 0.15) is 5.76 Å². The SMILES string of the molecule is C=C/C(=C\C(C)=O)OC. The molecule has 0 saturated heterocycles. The average Bonchev–Trinajstić information content (AvgIpc) is 1.82. The van der Waals surface area contributed by atoms with Crippen molar-refractivity contribution < 1.29 is 9.53 Å². The summed E-state index contributed by atoms with van der Waals surface area (Å²) in [6.45, 7) is 4.90. The summed E-state index contributed by atoms with van der Waals surface area (Å²) in [5.41, 5.74) is 0. The molecule has 0 aromatic rings. The van der Waals surface area contributed by atoms with E-state index in [1.807, 2.05) is 0 Å². The molecule has 9 heavy (non-hydrogen) atoms. The van der Waals surface area contributed by atoms with Crippen molar-refractivity contribution in [2.75, 3.05) is 7.11 Å². The van der Waals surface area contributed by atoms with E-state index >= 15 is 0 Å². The molecule has 2 heteroatoms. The molecule has 2 nitrogen and oxygen atoms in total. The second kappa shape index (κ2) is 3.89. The topological polar surface area (TPSA) is 26.3 Å². The number of hydrogen-bond donors (Lipinski definition) is 0. The maximum absolute atomic E-state index is 10.4. The van der Waals surface area contributed by atoms with Crippen LogP contribution in [0.15, 0.2) is 24.5 Å². The molecule has 0 spiro atoms. The van der Waals surface area contributed by atoms with Crippen molar-refractivity contribution in [3.8, 4) is 0 Å². The highest BCUT2D eigenvalue weighted by Crippen LogP contribution is 1.94. The fraction of sp³-hybridized carbons (Fsp3) is 0.286. The molecule has 0 aliphatic rings. The lowest BCUT2D eigenvalue weighted by Crippen LogP contribution is -1.87. The first-order valence-corrected chi connectivity index (χ1v) is 2.59. The minimum absolute atomic E-state index is 0.0354. The van der Waals surface area contributed by atoms with Crippen LogP contribution in [0.3, 0.4) is 0 Å². The standard InChI is InChI=1S/C7H10O2/c1-4-7(9-3)5-6(2)8/h4-5H,1H2,2-3H3/b7-5+. The number of rotatable bonds is 3. The minimum atomic E-state index is -0.0354. The van der Waals surface area contributed by atoms with Gasteiger partial charge in [0.05, 0.1) is 7.11 Å². The summed E-state index contributed by atoms with van der Waals surface area (Å²) in [7, 11) is 1.50. The highest BCUT2D eigenvalue weighted by atomic mass is 16.5. The third-order valence-electron chi connectivity index (χ3n) is 0.782. The third kappa shape index (κ3) is 3.53. The lowest BCUT2D eigenvalue weighted by molar-refractivity contribution is -0.112. The van der Waals surface area contributed by atoms with Crippen molar-refractivity contribution in [2.24, 2.45) is 0 Å². The predicted octanol–water partition coefficient (Wildman–Crippen LogP) is 1.29. The fourth-order valence-corrected chi connectivity index (χ4v) is 0.402. The van der Waals surface area contributed by atoms with Crippen molar-refractivity contribution in [3.63, 3.8) is 0 Å². The third-order valence-corrected chi connectivity index (χ3v) is 0.782. The van der Waals surface area contributed by atoms with Crippen LogP contribution in [0.2, 0.25) is 0 Å². The van der Waals surface area contributed by atoms with Gasteiger partial charge in [-0.05, 0) is 13.0 Å². The van der Waals surface area contributed by atoms with E-state index in [9.17, 15) is 4.79 Å². The highest BCUT2D eigenvalue weighted by molar-refractivity contribution is 5.88. The van der Waals surface area contributed by atoms with Crippen LogP contribution in [0, 0.1) is 0 Å². The molecule has 0 aromatic heterocycles. The normalized spacial score (nSPS) is 10.7. The molecule has 0 aliphatic carbocycles. The molecule has 0 atom stereocenters. The van der Waals surface area contributed by atoms with Crippen molar-refractivity contribution in [3.05, 3.63) is 24.5 Å². The Morgan fingerprint density at radius 1 is 1.67 bits per heavy atom. The Morgan fingerprint density at radius 3 is 2.33 bits per heavy atom. The first-order chi connectivity index (χ1) is 4.20. The van der Waals surface area contributed by atoms with Crippen molar-refractivity contribution in [1.29, 1.82) is 0 Å². The van der Waals surface area contributed by atoms with E-state index in [1.165, 1.54) is 26.2 Å². The molecule has 0 N–H and O–H groups in total. The van der Waals surface area contributed by atoms with Crippen LogP contribution in [-0.4, -0.2) is 12.9 Å². The summed E-state index contributed by atoms with van der Waals surface area (Å²) in [5.74, 6) is 0.467. The molecule has 0 aliphatic heterocycles. The van der Waals surface area contributed by atoms with Crippen LogP contribution in [-0.2, 0) is 9.53 Å². The van der Waals surface area contributed by atoms with Gasteiger partial charge in [-0.2, -0.15) is 0 Å². The number of carbonyl (C=O) groups is 1. The zero-order chi connectivity index (χ0) is 7.28. The number of ketones is 1. The summed E-state index contributed by atoms with van der Waals surface area (Å²) in [5, 5.41) is 0.